The van der Waals surface area contributed by atoms with Gasteiger partial charge >= 0.3 is 0 Å². The Morgan fingerprint density at radius 1 is 1.48 bits per heavy atom. The molecule has 9 heteroatoms. The van der Waals surface area contributed by atoms with E-state index >= 15 is 0 Å². The highest BCUT2D eigenvalue weighted by molar-refractivity contribution is 6.43. The van der Waals surface area contributed by atoms with Gasteiger partial charge in [-0.25, -0.2) is 4.98 Å². The molecule has 1 unspecified atom stereocenters. The number of nitrogens with zero attached hydrogens (tertiary/aromatic N) is 2. The van der Waals surface area contributed by atoms with Crippen LogP contribution in [0.25, 0.3) is 0 Å². The third kappa shape index (κ3) is 3.32. The summed E-state index contributed by atoms with van der Waals surface area (Å²) in [6.07, 6.45) is 3.18. The topological polar surface area (TPSA) is 101 Å². The SMILES string of the molecule is CC(NC(=O)c1cc(Cl)c(Cl)c([N+](=O)[O-])c1)c1ncc[nH]1. The van der Waals surface area contributed by atoms with E-state index in [1.807, 2.05) is 0 Å². The third-order valence-corrected chi connectivity index (χ3v) is 3.54. The van der Waals surface area contributed by atoms with E-state index in [2.05, 4.69) is 15.3 Å². The number of carbonyl (C=O) groups is 1. The summed E-state index contributed by atoms with van der Waals surface area (Å²) < 4.78 is 0. The van der Waals surface area contributed by atoms with Crippen molar-refractivity contribution in [2.75, 3.05) is 0 Å². The Bertz CT molecular complexity index is 688. The molecule has 0 spiro atoms. The van der Waals surface area contributed by atoms with E-state index in [1.165, 1.54) is 6.07 Å². The molecule has 1 heterocycles. The fourth-order valence-electron chi connectivity index (χ4n) is 1.70. The zero-order chi connectivity index (χ0) is 15.6. The molecule has 1 atom stereocenters. The van der Waals surface area contributed by atoms with Crippen LogP contribution in [0, 0.1) is 10.1 Å². The van der Waals surface area contributed by atoms with Gasteiger partial charge in [0.15, 0.2) is 0 Å². The molecule has 21 heavy (non-hydrogen) atoms. The van der Waals surface area contributed by atoms with Crippen LogP contribution in [-0.2, 0) is 0 Å². The van der Waals surface area contributed by atoms with Gasteiger partial charge in [0.1, 0.15) is 10.8 Å². The Kier molecular flexibility index (Phi) is 4.44. The Hall–Kier alpha value is -2.12. The fraction of sp³-hybridized carbons (Fsp3) is 0.167. The molecule has 2 N–H and O–H groups in total. The van der Waals surface area contributed by atoms with Crippen LogP contribution in [0.15, 0.2) is 24.5 Å². The minimum absolute atomic E-state index is 0.0505. The number of carbonyl (C=O) groups excluding carboxylic acids is 1. The van der Waals surface area contributed by atoms with Crippen LogP contribution in [0.1, 0.15) is 29.1 Å². The van der Waals surface area contributed by atoms with Crippen LogP contribution in [0.5, 0.6) is 0 Å². The smallest absolute Gasteiger partial charge is 0.290 e. The van der Waals surface area contributed by atoms with Gasteiger partial charge in [-0.3, -0.25) is 14.9 Å². The standard InChI is InChI=1S/C12H10Cl2N4O3/c1-6(11-15-2-3-16-11)17-12(19)7-4-8(13)10(14)9(5-7)18(20)21/h2-6H,1H3,(H,15,16)(H,17,19). The van der Waals surface area contributed by atoms with Crippen LogP contribution in [0.2, 0.25) is 10.0 Å². The summed E-state index contributed by atoms with van der Waals surface area (Å²) in [5.74, 6) is 0.0541. The number of nitro benzene ring substituents is 1. The Morgan fingerprint density at radius 3 is 2.76 bits per heavy atom. The molecule has 0 aliphatic heterocycles. The van der Waals surface area contributed by atoms with Crippen LogP contribution < -0.4 is 5.32 Å². The molecule has 0 fully saturated rings. The Morgan fingerprint density at radius 2 is 2.19 bits per heavy atom. The number of imidazole rings is 1. The zero-order valence-electron chi connectivity index (χ0n) is 10.8. The van der Waals surface area contributed by atoms with Crippen molar-refractivity contribution in [3.05, 3.63) is 56.1 Å². The maximum absolute atomic E-state index is 12.1. The molecule has 0 saturated carbocycles. The lowest BCUT2D eigenvalue weighted by molar-refractivity contribution is -0.384. The average Bonchev–Trinajstić information content (AvgIpc) is 2.95. The van der Waals surface area contributed by atoms with Crippen molar-refractivity contribution in [2.45, 2.75) is 13.0 Å². The summed E-state index contributed by atoms with van der Waals surface area (Å²) in [6.45, 7) is 1.72. The minimum atomic E-state index is -0.694. The van der Waals surface area contributed by atoms with Gasteiger partial charge in [0.2, 0.25) is 0 Å². The number of nitro groups is 1. The number of aromatic amines is 1. The van der Waals surface area contributed by atoms with Crippen molar-refractivity contribution < 1.29 is 9.72 Å². The summed E-state index contributed by atoms with van der Waals surface area (Å²) >= 11 is 11.5. The predicted octanol–water partition coefficient (Wildman–Crippen LogP) is 3.12. The number of rotatable bonds is 4. The van der Waals surface area contributed by atoms with Crippen LogP contribution >= 0.6 is 23.2 Å². The van der Waals surface area contributed by atoms with Crippen molar-refractivity contribution in [1.82, 2.24) is 15.3 Å². The first-order valence-electron chi connectivity index (χ1n) is 5.83. The monoisotopic (exact) mass is 328 g/mol. The molecule has 0 bridgehead atoms. The second kappa shape index (κ2) is 6.11. The van der Waals surface area contributed by atoms with E-state index in [0.717, 1.165) is 6.07 Å². The lowest BCUT2D eigenvalue weighted by Crippen LogP contribution is -2.27. The molecule has 2 aromatic rings. The summed E-state index contributed by atoms with van der Waals surface area (Å²) in [5.41, 5.74) is -0.366. The molecular weight excluding hydrogens is 319 g/mol. The first-order chi connectivity index (χ1) is 9.90. The van der Waals surface area contributed by atoms with Gasteiger partial charge in [-0.05, 0) is 13.0 Å². The van der Waals surface area contributed by atoms with Gasteiger partial charge in [-0.15, -0.1) is 0 Å². The summed E-state index contributed by atoms with van der Waals surface area (Å²) in [7, 11) is 0. The van der Waals surface area contributed by atoms with Gasteiger partial charge in [0, 0.05) is 24.0 Å². The number of halogens is 2. The zero-order valence-corrected chi connectivity index (χ0v) is 12.3. The van der Waals surface area contributed by atoms with Gasteiger partial charge < -0.3 is 10.3 Å². The highest BCUT2D eigenvalue weighted by atomic mass is 35.5. The molecule has 0 aliphatic rings. The van der Waals surface area contributed by atoms with Gasteiger partial charge in [0.25, 0.3) is 11.6 Å². The van der Waals surface area contributed by atoms with Gasteiger partial charge in [-0.1, -0.05) is 23.2 Å². The van der Waals surface area contributed by atoms with E-state index in [-0.39, 0.29) is 21.7 Å². The highest BCUT2D eigenvalue weighted by Gasteiger charge is 2.21. The number of hydrogen-bond donors (Lipinski definition) is 2. The molecule has 1 aromatic heterocycles. The minimum Gasteiger partial charge on any atom is -0.347 e. The van der Waals surface area contributed by atoms with Crippen LogP contribution in [-0.4, -0.2) is 20.8 Å². The highest BCUT2D eigenvalue weighted by Crippen LogP contribution is 2.33. The largest absolute Gasteiger partial charge is 0.347 e. The van der Waals surface area contributed by atoms with Crippen LogP contribution in [0.3, 0.4) is 0 Å². The van der Waals surface area contributed by atoms with E-state index < -0.39 is 16.5 Å². The number of benzene rings is 1. The molecular formula is C12H10Cl2N4O3. The lowest BCUT2D eigenvalue weighted by atomic mass is 10.1. The molecule has 1 amide bonds. The van der Waals surface area contributed by atoms with E-state index in [9.17, 15) is 14.9 Å². The van der Waals surface area contributed by atoms with Crippen molar-refractivity contribution in [2.24, 2.45) is 0 Å². The molecule has 1 aromatic carbocycles. The quantitative estimate of drug-likeness (QED) is 0.665. The van der Waals surface area contributed by atoms with E-state index in [0.29, 0.717) is 5.82 Å². The van der Waals surface area contributed by atoms with Gasteiger partial charge in [-0.2, -0.15) is 0 Å². The molecule has 0 saturated heterocycles. The van der Waals surface area contributed by atoms with E-state index in [4.69, 9.17) is 23.2 Å². The van der Waals surface area contributed by atoms with Crippen molar-refractivity contribution in [1.29, 1.82) is 0 Å². The second-order valence-corrected chi connectivity index (χ2v) is 5.00. The Balaban J connectivity index is 2.25. The second-order valence-electron chi connectivity index (χ2n) is 4.22. The molecule has 110 valence electrons. The third-order valence-electron chi connectivity index (χ3n) is 2.75. The maximum atomic E-state index is 12.1. The molecule has 0 radical (unpaired) electrons. The summed E-state index contributed by atoms with van der Waals surface area (Å²) in [6, 6.07) is 1.97. The normalized spacial score (nSPS) is 12.0. The summed E-state index contributed by atoms with van der Waals surface area (Å²) in [4.78, 5) is 29.2. The number of hydrogen-bond acceptors (Lipinski definition) is 4. The van der Waals surface area contributed by atoms with Crippen molar-refractivity contribution >= 4 is 34.8 Å². The van der Waals surface area contributed by atoms with Crippen molar-refractivity contribution in [3.8, 4) is 0 Å². The molecule has 0 aliphatic carbocycles. The average molecular weight is 329 g/mol. The lowest BCUT2D eigenvalue weighted by Gasteiger charge is -2.12. The first kappa shape index (κ1) is 15.3. The van der Waals surface area contributed by atoms with Gasteiger partial charge in [0.05, 0.1) is 16.0 Å². The number of H-pyrrole nitrogens is 1. The fourth-order valence-corrected chi connectivity index (χ4v) is 2.09. The number of aromatic nitrogens is 2. The summed E-state index contributed by atoms with van der Waals surface area (Å²) in [5, 5.41) is 13.3. The molecule has 2 rings (SSSR count). The first-order valence-corrected chi connectivity index (χ1v) is 6.59. The number of nitrogens with one attached hydrogen (secondary N) is 2. The Labute approximate surface area is 129 Å². The van der Waals surface area contributed by atoms with E-state index in [1.54, 1.807) is 19.3 Å². The predicted molar refractivity (Wildman–Crippen MR) is 77.6 cm³/mol. The number of amides is 1. The van der Waals surface area contributed by atoms with Crippen molar-refractivity contribution in [3.63, 3.8) is 0 Å². The molecule has 7 nitrogen and oxygen atoms in total. The van der Waals surface area contributed by atoms with Crippen LogP contribution in [0.4, 0.5) is 5.69 Å². The maximum Gasteiger partial charge on any atom is 0.290 e.